The van der Waals surface area contributed by atoms with E-state index in [2.05, 4.69) is 31.9 Å². The molecule has 0 aliphatic heterocycles. The molecule has 0 unspecified atom stereocenters. The summed E-state index contributed by atoms with van der Waals surface area (Å²) < 4.78 is 23.0. The van der Waals surface area contributed by atoms with Crippen molar-refractivity contribution >= 4 is 35.8 Å². The number of hydrogen-bond acceptors (Lipinski definition) is 10. The Balaban J connectivity index is 0.905. The van der Waals surface area contributed by atoms with Crippen LogP contribution in [0.1, 0.15) is 139 Å². The fourth-order valence-corrected chi connectivity index (χ4v) is 9.71. The molecule has 0 radical (unpaired) electrons. The fraction of sp³-hybridized carbons (Fsp3) is 0.417. The van der Waals surface area contributed by atoms with E-state index in [1.165, 1.54) is 0 Å². The summed E-state index contributed by atoms with van der Waals surface area (Å²) in [5, 5.41) is 17.5. The molecule has 6 aromatic carbocycles. The minimum atomic E-state index is -1.04. The molecule has 6 aromatic rings. The predicted molar refractivity (Wildman–Crippen MR) is 344 cm³/mol. The fourth-order valence-electron chi connectivity index (χ4n) is 9.71. The number of amides is 6. The lowest BCUT2D eigenvalue weighted by Gasteiger charge is -2.25. The van der Waals surface area contributed by atoms with Crippen molar-refractivity contribution in [1.82, 2.24) is 31.9 Å². The Labute approximate surface area is 521 Å². The van der Waals surface area contributed by atoms with Crippen molar-refractivity contribution in [1.29, 1.82) is 0 Å². The lowest BCUT2D eigenvalue weighted by molar-refractivity contribution is -0.130. The maximum Gasteiger partial charge on any atom is 0.408 e. The first kappa shape index (κ1) is 68.5. The number of carbonyl (C=O) groups is 6. The van der Waals surface area contributed by atoms with E-state index in [-0.39, 0.29) is 37.5 Å². The quantitative estimate of drug-likeness (QED) is 0.0207. The van der Waals surface area contributed by atoms with Crippen LogP contribution in [0.15, 0.2) is 170 Å². The average molecular weight is 1200 g/mol. The highest BCUT2D eigenvalue weighted by molar-refractivity contribution is 5.92. The topological polar surface area (TPSA) is 212 Å². The van der Waals surface area contributed by atoms with Gasteiger partial charge < -0.3 is 50.8 Å². The zero-order valence-electron chi connectivity index (χ0n) is 52.3. The molecule has 0 aliphatic rings. The first-order chi connectivity index (χ1) is 42.3. The Morgan fingerprint density at radius 2 is 0.580 bits per heavy atom. The van der Waals surface area contributed by atoms with Crippen LogP contribution >= 0.6 is 0 Å². The molecule has 0 aliphatic carbocycles. The Kier molecular flexibility index (Phi) is 28.4. The van der Waals surface area contributed by atoms with Crippen LogP contribution in [-0.2, 0) is 67.5 Å². The van der Waals surface area contributed by atoms with Crippen LogP contribution in [0.3, 0.4) is 0 Å². The second kappa shape index (κ2) is 36.5. The Bertz CT molecular complexity index is 2820. The van der Waals surface area contributed by atoms with Crippen molar-refractivity contribution in [2.75, 3.05) is 13.1 Å². The van der Waals surface area contributed by atoms with Gasteiger partial charge in [0, 0.05) is 38.8 Å². The third kappa shape index (κ3) is 27.4. The summed E-state index contributed by atoms with van der Waals surface area (Å²) in [5.41, 5.74) is 3.82. The number of benzene rings is 6. The minimum absolute atomic E-state index is 0.150. The van der Waals surface area contributed by atoms with Gasteiger partial charge in [-0.05, 0) is 112 Å². The van der Waals surface area contributed by atoms with Gasteiger partial charge in [-0.15, -0.1) is 0 Å². The summed E-state index contributed by atoms with van der Waals surface area (Å²) in [6.07, 6.45) is 9.21. The largest absolute Gasteiger partial charge is 0.489 e. The number of carbonyl (C=O) groups excluding carboxylic acids is 6. The number of hydrogen-bond donors (Lipinski definition) is 6. The molecule has 0 bridgehead atoms. The van der Waals surface area contributed by atoms with Crippen LogP contribution in [0.25, 0.3) is 0 Å². The van der Waals surface area contributed by atoms with Crippen molar-refractivity contribution < 1.29 is 47.7 Å². The first-order valence-corrected chi connectivity index (χ1v) is 31.1. The van der Waals surface area contributed by atoms with E-state index in [1.54, 1.807) is 41.5 Å². The van der Waals surface area contributed by atoms with E-state index >= 15 is 0 Å². The van der Waals surface area contributed by atoms with Crippen LogP contribution in [-0.4, -0.2) is 84.3 Å². The molecule has 16 nitrogen and oxygen atoms in total. The van der Waals surface area contributed by atoms with Crippen molar-refractivity contribution in [2.24, 2.45) is 0 Å². The maximum absolute atomic E-state index is 14.1. The Morgan fingerprint density at radius 3 is 0.875 bits per heavy atom. The minimum Gasteiger partial charge on any atom is -0.489 e. The van der Waals surface area contributed by atoms with Gasteiger partial charge in [0.1, 0.15) is 60.1 Å². The molecule has 0 aromatic heterocycles. The predicted octanol–water partition coefficient (Wildman–Crippen LogP) is 12.0. The highest BCUT2D eigenvalue weighted by Gasteiger charge is 2.31. The molecule has 0 saturated heterocycles. The molecule has 0 fully saturated rings. The molecule has 0 spiro atoms. The second-order valence-electron chi connectivity index (χ2n) is 24.3. The lowest BCUT2D eigenvalue weighted by Crippen LogP contribution is -2.55. The number of unbranched alkanes of at least 4 members (excludes halogenated alkanes) is 9. The van der Waals surface area contributed by atoms with Gasteiger partial charge in [0.05, 0.1) is 0 Å². The molecule has 6 rings (SSSR count). The van der Waals surface area contributed by atoms with Gasteiger partial charge in [-0.1, -0.05) is 197 Å². The molecule has 88 heavy (non-hydrogen) atoms. The smallest absolute Gasteiger partial charge is 0.408 e. The summed E-state index contributed by atoms with van der Waals surface area (Å²) in [6.45, 7) is 12.3. The van der Waals surface area contributed by atoms with Crippen molar-refractivity contribution in [2.45, 2.75) is 180 Å². The number of rotatable bonds is 35. The van der Waals surface area contributed by atoms with Crippen LogP contribution < -0.4 is 41.4 Å². The third-order valence-electron chi connectivity index (χ3n) is 14.3. The van der Waals surface area contributed by atoms with Gasteiger partial charge >= 0.3 is 12.2 Å². The molecular weight excluding hydrogens is 1110 g/mol. The standard InChI is InChI=1S/C72H92N6O10/c1-71(2,3)87-69(83)77-63(49-55-37-41-59(42-38-55)85-51-57-33-23-17-24-34-57)67(81)75-61(47-53-29-19-15-20-30-53)65(79)73-45-27-13-11-9-7-8-10-12-14-28-46-74-66(80)62(48-54-31-21-16-22-32-54)76-68(82)64(78-70(84)88-72(4,5)6)50-56-39-43-60(44-40-56)86-52-58-35-25-18-26-36-58/h15-26,29-44,61-64H,7-14,27-28,45-52H2,1-6H3,(H,73,79)(H,74,80)(H,75,81)(H,76,82)(H,77,83)(H,78,84)/t61-,62-,63-,64-/m0/s1. The highest BCUT2D eigenvalue weighted by atomic mass is 16.6. The van der Waals surface area contributed by atoms with Crippen molar-refractivity contribution in [3.05, 3.63) is 203 Å². The molecule has 470 valence electrons. The molecule has 0 heterocycles. The average Bonchev–Trinajstić information content (AvgIpc) is 3.69. The normalized spacial score (nSPS) is 12.7. The second-order valence-corrected chi connectivity index (χ2v) is 24.3. The molecule has 16 heteroatoms. The maximum atomic E-state index is 14.1. The van der Waals surface area contributed by atoms with Gasteiger partial charge in [0.25, 0.3) is 0 Å². The monoisotopic (exact) mass is 1200 g/mol. The molecule has 6 amide bonds. The summed E-state index contributed by atoms with van der Waals surface area (Å²) in [6, 6.07) is 49.6. The van der Waals surface area contributed by atoms with Gasteiger partial charge in [-0.2, -0.15) is 0 Å². The summed E-state index contributed by atoms with van der Waals surface area (Å²) in [4.78, 5) is 82.0. The van der Waals surface area contributed by atoms with E-state index in [0.29, 0.717) is 37.8 Å². The van der Waals surface area contributed by atoms with E-state index < -0.39 is 59.4 Å². The van der Waals surface area contributed by atoms with Crippen LogP contribution in [0, 0.1) is 0 Å². The summed E-state index contributed by atoms with van der Waals surface area (Å²) >= 11 is 0. The van der Waals surface area contributed by atoms with Crippen LogP contribution in [0.2, 0.25) is 0 Å². The molecule has 4 atom stereocenters. The summed E-state index contributed by atoms with van der Waals surface area (Å²) in [7, 11) is 0. The van der Waals surface area contributed by atoms with Gasteiger partial charge in [0.15, 0.2) is 0 Å². The van der Waals surface area contributed by atoms with E-state index in [0.717, 1.165) is 97.6 Å². The number of nitrogens with one attached hydrogen (secondary N) is 6. The van der Waals surface area contributed by atoms with Gasteiger partial charge in [-0.3, -0.25) is 19.2 Å². The molecule has 6 N–H and O–H groups in total. The van der Waals surface area contributed by atoms with Gasteiger partial charge in [-0.25, -0.2) is 9.59 Å². The number of ether oxygens (including phenoxy) is 4. The zero-order valence-corrected chi connectivity index (χ0v) is 52.3. The third-order valence-corrected chi connectivity index (χ3v) is 14.3. The van der Waals surface area contributed by atoms with Gasteiger partial charge in [0.2, 0.25) is 23.6 Å². The van der Waals surface area contributed by atoms with Crippen LogP contribution in [0.4, 0.5) is 9.59 Å². The van der Waals surface area contributed by atoms with E-state index in [9.17, 15) is 28.8 Å². The Morgan fingerprint density at radius 1 is 0.318 bits per heavy atom. The molecule has 0 saturated carbocycles. The van der Waals surface area contributed by atoms with Crippen molar-refractivity contribution in [3.8, 4) is 11.5 Å². The Hall–Kier alpha value is -8.66. The lowest BCUT2D eigenvalue weighted by atomic mass is 10.0. The van der Waals surface area contributed by atoms with E-state index in [4.69, 9.17) is 18.9 Å². The number of alkyl carbamates (subject to hydrolysis) is 2. The SMILES string of the molecule is CC(C)(C)OC(=O)N[C@@H](Cc1ccc(OCc2ccccc2)cc1)C(=O)N[C@@H](Cc1ccccc1)C(=O)NCCCCCCCCCCCCNC(=O)[C@H](Cc1ccccc1)NC(=O)[C@H](Cc1ccc(OCc2ccccc2)cc1)NC(=O)OC(C)(C)C. The van der Waals surface area contributed by atoms with E-state index in [1.807, 2.05) is 170 Å². The summed E-state index contributed by atoms with van der Waals surface area (Å²) in [5.74, 6) is -0.285. The van der Waals surface area contributed by atoms with Crippen molar-refractivity contribution in [3.63, 3.8) is 0 Å². The molecular formula is C72H92N6O10. The first-order valence-electron chi connectivity index (χ1n) is 31.1. The highest BCUT2D eigenvalue weighted by Crippen LogP contribution is 2.20. The zero-order chi connectivity index (χ0) is 63.0. The van der Waals surface area contributed by atoms with Crippen LogP contribution in [0.5, 0.6) is 11.5 Å².